The van der Waals surface area contributed by atoms with E-state index >= 15 is 0 Å². The van der Waals surface area contributed by atoms with E-state index in [0.29, 0.717) is 23.2 Å². The Bertz CT molecular complexity index is 1690. The van der Waals surface area contributed by atoms with Crippen LogP contribution in [0.5, 0.6) is 0 Å². The van der Waals surface area contributed by atoms with Gasteiger partial charge in [0.15, 0.2) is 0 Å². The molecule has 0 spiro atoms. The summed E-state index contributed by atoms with van der Waals surface area (Å²) in [6, 6.07) is 25.4. The number of amides is 1. The van der Waals surface area contributed by atoms with Crippen molar-refractivity contribution in [3.05, 3.63) is 131 Å². The van der Waals surface area contributed by atoms with Crippen molar-refractivity contribution < 1.29 is 27.1 Å². The van der Waals surface area contributed by atoms with Gasteiger partial charge in [0.25, 0.3) is 5.91 Å². The van der Waals surface area contributed by atoms with Crippen LogP contribution in [-0.4, -0.2) is 31.1 Å². The van der Waals surface area contributed by atoms with Gasteiger partial charge < -0.3 is 10.1 Å². The van der Waals surface area contributed by atoms with Crippen LogP contribution in [-0.2, 0) is 30.8 Å². The van der Waals surface area contributed by atoms with Gasteiger partial charge in [-0.2, -0.15) is 4.31 Å². The van der Waals surface area contributed by atoms with E-state index in [0.717, 1.165) is 28.8 Å². The Morgan fingerprint density at radius 2 is 1.57 bits per heavy atom. The molecule has 0 radical (unpaired) electrons. The molecule has 0 aliphatic carbocycles. The van der Waals surface area contributed by atoms with Crippen molar-refractivity contribution in [2.24, 2.45) is 0 Å². The van der Waals surface area contributed by atoms with Gasteiger partial charge in [0.2, 0.25) is 16.1 Å². The molecule has 0 unspecified atom stereocenters. The number of hydrogen-bond donors (Lipinski definition) is 1. The standard InChI is InChI=1S/C33H31FN2O5S/c1-22-18-23(2)20-27(19-22)35-33(38)32(25-9-4-3-5-10-25)41-31(37)21-30-29-11-7-6-8-24(29)16-17-36(30)42(39,40)28-14-12-26(34)13-15-28/h3-15,18-20,30,32H,16-17,21H2,1-2H3,(H,35,38)/t30-,32-/m0/s1. The molecule has 1 aliphatic rings. The van der Waals surface area contributed by atoms with E-state index in [4.69, 9.17) is 4.74 Å². The first kappa shape index (κ1) is 29.2. The van der Waals surface area contributed by atoms with Crippen LogP contribution in [0.4, 0.5) is 10.1 Å². The quantitative estimate of drug-likeness (QED) is 0.254. The Labute approximate surface area is 245 Å². The summed E-state index contributed by atoms with van der Waals surface area (Å²) in [6.45, 7) is 3.97. The highest BCUT2D eigenvalue weighted by atomic mass is 32.2. The Kier molecular flexibility index (Phi) is 8.51. The van der Waals surface area contributed by atoms with Crippen molar-refractivity contribution in [2.75, 3.05) is 11.9 Å². The third kappa shape index (κ3) is 6.42. The second kappa shape index (κ2) is 12.3. The Morgan fingerprint density at radius 1 is 0.929 bits per heavy atom. The van der Waals surface area contributed by atoms with Crippen LogP contribution in [0.2, 0.25) is 0 Å². The van der Waals surface area contributed by atoms with E-state index in [2.05, 4.69) is 5.32 Å². The average Bonchev–Trinajstić information content (AvgIpc) is 2.96. The summed E-state index contributed by atoms with van der Waals surface area (Å²) in [7, 11) is -4.08. The van der Waals surface area contributed by atoms with Crippen LogP contribution in [0.25, 0.3) is 0 Å². The van der Waals surface area contributed by atoms with Crippen molar-refractivity contribution >= 4 is 27.6 Å². The van der Waals surface area contributed by atoms with Crippen LogP contribution in [0, 0.1) is 19.7 Å². The SMILES string of the molecule is Cc1cc(C)cc(NC(=O)[C@@H](OC(=O)C[C@H]2c3ccccc3CCN2S(=O)(=O)c2ccc(F)cc2)c2ccccc2)c1. The molecular weight excluding hydrogens is 555 g/mol. The number of halogens is 1. The maximum atomic E-state index is 13.7. The third-order valence-electron chi connectivity index (χ3n) is 7.22. The number of rotatable bonds is 8. The van der Waals surface area contributed by atoms with Crippen LogP contribution in [0.15, 0.2) is 102 Å². The van der Waals surface area contributed by atoms with Crippen LogP contribution in [0.3, 0.4) is 0 Å². The molecule has 0 bridgehead atoms. The second-order valence-electron chi connectivity index (χ2n) is 10.4. The van der Waals surface area contributed by atoms with Crippen LogP contribution >= 0.6 is 0 Å². The number of aryl methyl sites for hydroxylation is 2. The summed E-state index contributed by atoms with van der Waals surface area (Å²) in [5, 5.41) is 2.85. The monoisotopic (exact) mass is 586 g/mol. The Morgan fingerprint density at radius 3 is 2.26 bits per heavy atom. The van der Waals surface area contributed by atoms with Crippen LogP contribution < -0.4 is 5.32 Å². The van der Waals surface area contributed by atoms with Gasteiger partial charge in [0.1, 0.15) is 5.82 Å². The molecule has 1 amide bonds. The molecule has 42 heavy (non-hydrogen) atoms. The lowest BCUT2D eigenvalue weighted by molar-refractivity contribution is -0.155. The summed E-state index contributed by atoms with van der Waals surface area (Å²) in [5.41, 5.74) is 4.60. The lowest BCUT2D eigenvalue weighted by Gasteiger charge is -2.36. The van der Waals surface area contributed by atoms with Crippen molar-refractivity contribution in [1.82, 2.24) is 4.31 Å². The number of hydrogen-bond acceptors (Lipinski definition) is 5. The fourth-order valence-electron chi connectivity index (χ4n) is 5.36. The smallest absolute Gasteiger partial charge is 0.308 e. The molecule has 5 rings (SSSR count). The predicted molar refractivity (Wildman–Crippen MR) is 158 cm³/mol. The lowest BCUT2D eigenvalue weighted by atomic mass is 9.92. The van der Waals surface area contributed by atoms with Gasteiger partial charge in [-0.05, 0) is 78.9 Å². The topological polar surface area (TPSA) is 92.8 Å². The van der Waals surface area contributed by atoms with E-state index < -0.39 is 39.9 Å². The van der Waals surface area contributed by atoms with Crippen LogP contribution in [0.1, 0.15) is 46.4 Å². The minimum Gasteiger partial charge on any atom is -0.447 e. The summed E-state index contributed by atoms with van der Waals surface area (Å²) < 4.78 is 48.0. The molecule has 4 aromatic rings. The molecule has 0 saturated carbocycles. The van der Waals surface area contributed by atoms with Crippen molar-refractivity contribution in [2.45, 2.75) is 43.7 Å². The molecule has 216 valence electrons. The average molecular weight is 587 g/mol. The van der Waals surface area contributed by atoms with Gasteiger partial charge in [0, 0.05) is 17.8 Å². The first-order valence-corrected chi connectivity index (χ1v) is 15.0. The number of carbonyl (C=O) groups excluding carboxylic acids is 2. The molecule has 7 nitrogen and oxygen atoms in total. The normalized spacial score (nSPS) is 15.8. The predicted octanol–water partition coefficient (Wildman–Crippen LogP) is 6.04. The molecule has 1 aliphatic heterocycles. The molecule has 4 aromatic carbocycles. The summed E-state index contributed by atoms with van der Waals surface area (Å²) in [5.74, 6) is -1.82. The van der Waals surface area contributed by atoms with E-state index in [9.17, 15) is 22.4 Å². The summed E-state index contributed by atoms with van der Waals surface area (Å²) in [6.07, 6.45) is -1.13. The number of nitrogens with zero attached hydrogens (tertiary/aromatic N) is 1. The zero-order valence-corrected chi connectivity index (χ0v) is 24.1. The number of anilines is 1. The van der Waals surface area contributed by atoms with E-state index in [1.165, 1.54) is 16.4 Å². The minimum absolute atomic E-state index is 0.0726. The third-order valence-corrected chi connectivity index (χ3v) is 9.14. The van der Waals surface area contributed by atoms with Gasteiger partial charge in [0.05, 0.1) is 17.4 Å². The Balaban J connectivity index is 1.44. The number of carbonyl (C=O) groups is 2. The fraction of sp³-hybridized carbons (Fsp3) is 0.212. The number of nitrogens with one attached hydrogen (secondary N) is 1. The number of sulfonamides is 1. The highest BCUT2D eigenvalue weighted by Crippen LogP contribution is 2.37. The van der Waals surface area contributed by atoms with Crippen molar-refractivity contribution in [3.63, 3.8) is 0 Å². The van der Waals surface area contributed by atoms with Gasteiger partial charge in [-0.25, -0.2) is 12.8 Å². The largest absolute Gasteiger partial charge is 0.447 e. The maximum absolute atomic E-state index is 13.7. The molecule has 1 heterocycles. The lowest BCUT2D eigenvalue weighted by Crippen LogP contribution is -2.41. The fourth-order valence-corrected chi connectivity index (χ4v) is 6.97. The number of fused-ring (bicyclic) bond motifs is 1. The maximum Gasteiger partial charge on any atom is 0.308 e. The highest BCUT2D eigenvalue weighted by Gasteiger charge is 2.38. The zero-order chi connectivity index (χ0) is 29.9. The first-order chi connectivity index (χ1) is 20.1. The molecule has 0 saturated heterocycles. The van der Waals surface area contributed by atoms with Crippen molar-refractivity contribution in [3.8, 4) is 0 Å². The number of benzene rings is 4. The van der Waals surface area contributed by atoms with Gasteiger partial charge >= 0.3 is 5.97 Å². The van der Waals surface area contributed by atoms with E-state index in [1.54, 1.807) is 42.5 Å². The number of esters is 1. The molecule has 0 fully saturated rings. The highest BCUT2D eigenvalue weighted by molar-refractivity contribution is 7.89. The van der Waals surface area contributed by atoms with Gasteiger partial charge in [-0.1, -0.05) is 60.7 Å². The minimum atomic E-state index is -4.08. The van der Waals surface area contributed by atoms with E-state index in [-0.39, 0.29) is 17.9 Å². The molecule has 2 atom stereocenters. The van der Waals surface area contributed by atoms with Gasteiger partial charge in [-0.3, -0.25) is 9.59 Å². The number of ether oxygens (including phenoxy) is 1. The van der Waals surface area contributed by atoms with Crippen molar-refractivity contribution in [1.29, 1.82) is 0 Å². The molecule has 0 aromatic heterocycles. The van der Waals surface area contributed by atoms with E-state index in [1.807, 2.05) is 44.2 Å². The first-order valence-electron chi connectivity index (χ1n) is 13.6. The molecule has 1 N–H and O–H groups in total. The summed E-state index contributed by atoms with van der Waals surface area (Å²) >= 11 is 0. The molecular formula is C33H31FN2O5S. The second-order valence-corrected chi connectivity index (χ2v) is 12.3. The van der Waals surface area contributed by atoms with Gasteiger partial charge in [-0.15, -0.1) is 0 Å². The summed E-state index contributed by atoms with van der Waals surface area (Å²) in [4.78, 5) is 27.0. The zero-order valence-electron chi connectivity index (χ0n) is 23.3. The molecule has 9 heteroatoms. The Hall–Kier alpha value is -4.34.